The minimum Gasteiger partial charge on any atom is -0.472 e. The largest absolute Gasteiger partial charge is 0.472 e. The van der Waals surface area contributed by atoms with Gasteiger partial charge in [-0.2, -0.15) is 5.26 Å². The van der Waals surface area contributed by atoms with Crippen LogP contribution in [-0.4, -0.2) is 47.1 Å². The summed E-state index contributed by atoms with van der Waals surface area (Å²) in [6, 6.07) is 11.9. The van der Waals surface area contributed by atoms with Crippen molar-refractivity contribution in [2.45, 2.75) is 38.8 Å². The molecule has 1 aromatic carbocycles. The van der Waals surface area contributed by atoms with Gasteiger partial charge in [0.2, 0.25) is 5.88 Å². The number of piperidine rings is 1. The molecule has 2 atom stereocenters. The topological polar surface area (TPSA) is 92.5 Å². The number of pyridine rings is 1. The Balaban J connectivity index is 1.78. The fraction of sp³-hybridized carbons (Fsp3) is 0.364. The van der Waals surface area contributed by atoms with Crippen LogP contribution in [0.3, 0.4) is 0 Å². The monoisotopic (exact) mass is 393 g/mol. The number of rotatable bonds is 5. The first kappa shape index (κ1) is 20.3. The fourth-order valence-electron chi connectivity index (χ4n) is 3.38. The van der Waals surface area contributed by atoms with Gasteiger partial charge in [0, 0.05) is 18.3 Å². The molecule has 0 spiro atoms. The van der Waals surface area contributed by atoms with Crippen molar-refractivity contribution in [2.75, 3.05) is 13.2 Å². The number of amides is 1. The molecule has 29 heavy (non-hydrogen) atoms. The third kappa shape index (κ3) is 4.72. The minimum atomic E-state index is -0.508. The van der Waals surface area contributed by atoms with E-state index in [1.165, 1.54) is 6.20 Å². The Morgan fingerprint density at radius 3 is 2.72 bits per heavy atom. The molecule has 1 fully saturated rings. The van der Waals surface area contributed by atoms with Crippen molar-refractivity contribution in [1.29, 1.82) is 5.26 Å². The van der Waals surface area contributed by atoms with E-state index in [1.807, 2.05) is 6.92 Å². The van der Waals surface area contributed by atoms with Gasteiger partial charge in [-0.15, -0.1) is 0 Å². The summed E-state index contributed by atoms with van der Waals surface area (Å²) in [4.78, 5) is 31.4. The van der Waals surface area contributed by atoms with Gasteiger partial charge in [-0.25, -0.2) is 9.78 Å². The Morgan fingerprint density at radius 2 is 2.00 bits per heavy atom. The molecule has 2 aromatic rings. The lowest BCUT2D eigenvalue weighted by atomic mass is 9.98. The third-order valence-corrected chi connectivity index (χ3v) is 4.90. The van der Waals surface area contributed by atoms with Crippen molar-refractivity contribution in [2.24, 2.45) is 0 Å². The van der Waals surface area contributed by atoms with Crippen LogP contribution in [0.15, 0.2) is 42.6 Å². The smallest absolute Gasteiger partial charge is 0.338 e. The van der Waals surface area contributed by atoms with Crippen LogP contribution < -0.4 is 4.74 Å². The summed E-state index contributed by atoms with van der Waals surface area (Å²) in [6.07, 6.45) is 2.81. The van der Waals surface area contributed by atoms with Crippen LogP contribution in [0.5, 0.6) is 5.88 Å². The molecule has 0 bridgehead atoms. The van der Waals surface area contributed by atoms with E-state index in [1.54, 1.807) is 48.2 Å². The molecule has 0 N–H and O–H groups in total. The Morgan fingerprint density at radius 1 is 1.24 bits per heavy atom. The first-order valence-corrected chi connectivity index (χ1v) is 9.63. The predicted octanol–water partition coefficient (Wildman–Crippen LogP) is 3.20. The molecular formula is C22H23N3O4. The zero-order chi connectivity index (χ0) is 20.8. The van der Waals surface area contributed by atoms with E-state index < -0.39 is 5.97 Å². The number of hydrogen-bond acceptors (Lipinski definition) is 6. The Kier molecular flexibility index (Phi) is 6.45. The Labute approximate surface area is 169 Å². The maximum Gasteiger partial charge on any atom is 0.338 e. The molecule has 0 radical (unpaired) electrons. The Bertz CT molecular complexity index is 938. The number of nitrogens with zero attached hydrogens (tertiary/aromatic N) is 3. The van der Waals surface area contributed by atoms with Crippen LogP contribution in [0.4, 0.5) is 0 Å². The minimum absolute atomic E-state index is 0.0102. The highest BCUT2D eigenvalue weighted by Crippen LogP contribution is 2.24. The van der Waals surface area contributed by atoms with Gasteiger partial charge in [0.1, 0.15) is 6.10 Å². The van der Waals surface area contributed by atoms with Crippen LogP contribution in [0.1, 0.15) is 53.0 Å². The van der Waals surface area contributed by atoms with E-state index in [0.717, 1.165) is 12.8 Å². The zero-order valence-corrected chi connectivity index (χ0v) is 16.5. The number of esters is 1. The van der Waals surface area contributed by atoms with Gasteiger partial charge in [-0.05, 0) is 44.9 Å². The standard InChI is InChI=1S/C22H23N3O4/c1-3-28-22(27)19-7-5-4-6-18(19)21(26)25-14-17(9-8-15(25)2)29-20-12-16(13-23)10-11-24-20/h4-7,10-12,15,17H,3,8-9,14H2,1-2H3/t15-,17-/m1/s1. The number of ether oxygens (including phenoxy) is 2. The number of nitriles is 1. The van der Waals surface area contributed by atoms with Crippen LogP contribution in [0, 0.1) is 11.3 Å². The maximum absolute atomic E-state index is 13.2. The molecular weight excluding hydrogens is 370 g/mol. The summed E-state index contributed by atoms with van der Waals surface area (Å²) >= 11 is 0. The molecule has 1 saturated heterocycles. The molecule has 7 nitrogen and oxygen atoms in total. The van der Waals surface area contributed by atoms with E-state index in [4.69, 9.17) is 14.7 Å². The summed E-state index contributed by atoms with van der Waals surface area (Å²) < 4.78 is 11.0. The number of carbonyl (C=O) groups is 2. The average Bonchev–Trinajstić information content (AvgIpc) is 2.75. The fourth-order valence-corrected chi connectivity index (χ4v) is 3.38. The lowest BCUT2D eigenvalue weighted by Crippen LogP contribution is -2.49. The van der Waals surface area contributed by atoms with Crippen molar-refractivity contribution in [1.82, 2.24) is 9.88 Å². The quantitative estimate of drug-likeness (QED) is 0.724. The average molecular weight is 393 g/mol. The van der Waals surface area contributed by atoms with E-state index >= 15 is 0 Å². The molecule has 1 aliphatic rings. The highest BCUT2D eigenvalue weighted by atomic mass is 16.5. The normalized spacial score (nSPS) is 18.6. The number of hydrogen-bond donors (Lipinski definition) is 0. The van der Waals surface area contributed by atoms with E-state index in [0.29, 0.717) is 23.6 Å². The molecule has 1 aliphatic heterocycles. The highest BCUT2D eigenvalue weighted by Gasteiger charge is 2.32. The molecule has 1 amide bonds. The molecule has 3 rings (SSSR count). The van der Waals surface area contributed by atoms with E-state index in [9.17, 15) is 9.59 Å². The highest BCUT2D eigenvalue weighted by molar-refractivity contribution is 6.05. The molecule has 7 heteroatoms. The second-order valence-corrected chi connectivity index (χ2v) is 6.88. The summed E-state index contributed by atoms with van der Waals surface area (Å²) in [6.45, 7) is 4.32. The van der Waals surface area contributed by atoms with Crippen LogP contribution in [0.2, 0.25) is 0 Å². The van der Waals surface area contributed by atoms with Gasteiger partial charge < -0.3 is 14.4 Å². The van der Waals surface area contributed by atoms with Gasteiger partial charge in [-0.3, -0.25) is 4.79 Å². The van der Waals surface area contributed by atoms with Crippen molar-refractivity contribution < 1.29 is 19.1 Å². The maximum atomic E-state index is 13.2. The molecule has 1 aromatic heterocycles. The zero-order valence-electron chi connectivity index (χ0n) is 16.5. The number of benzene rings is 1. The third-order valence-electron chi connectivity index (χ3n) is 4.90. The molecule has 2 heterocycles. The van der Waals surface area contributed by atoms with Crippen LogP contribution >= 0.6 is 0 Å². The van der Waals surface area contributed by atoms with Crippen molar-refractivity contribution >= 4 is 11.9 Å². The summed E-state index contributed by atoms with van der Waals surface area (Å²) in [5, 5.41) is 9.03. The molecule has 0 saturated carbocycles. The summed E-state index contributed by atoms with van der Waals surface area (Å²) in [5.41, 5.74) is 1.05. The molecule has 0 unspecified atom stereocenters. The summed E-state index contributed by atoms with van der Waals surface area (Å²) in [5.74, 6) is -0.373. The Hall–Kier alpha value is -3.40. The second kappa shape index (κ2) is 9.20. The lowest BCUT2D eigenvalue weighted by Gasteiger charge is -2.38. The van der Waals surface area contributed by atoms with E-state index in [-0.39, 0.29) is 30.2 Å². The molecule has 150 valence electrons. The van der Waals surface area contributed by atoms with Gasteiger partial charge in [0.15, 0.2) is 0 Å². The van der Waals surface area contributed by atoms with Crippen LogP contribution in [0.25, 0.3) is 0 Å². The lowest BCUT2D eigenvalue weighted by molar-refractivity contribution is 0.0364. The van der Waals surface area contributed by atoms with Crippen LogP contribution in [-0.2, 0) is 4.74 Å². The van der Waals surface area contributed by atoms with Crippen molar-refractivity contribution in [3.8, 4) is 11.9 Å². The second-order valence-electron chi connectivity index (χ2n) is 6.88. The summed E-state index contributed by atoms with van der Waals surface area (Å²) in [7, 11) is 0. The first-order chi connectivity index (χ1) is 14.0. The van der Waals surface area contributed by atoms with Crippen molar-refractivity contribution in [3.05, 3.63) is 59.3 Å². The van der Waals surface area contributed by atoms with Gasteiger partial charge >= 0.3 is 5.97 Å². The van der Waals surface area contributed by atoms with Gasteiger partial charge in [0.25, 0.3) is 5.91 Å². The predicted molar refractivity (Wildman–Crippen MR) is 105 cm³/mol. The van der Waals surface area contributed by atoms with Gasteiger partial charge in [0.05, 0.1) is 35.9 Å². The number of carbonyl (C=O) groups excluding carboxylic acids is 2. The first-order valence-electron chi connectivity index (χ1n) is 9.63. The van der Waals surface area contributed by atoms with Gasteiger partial charge in [-0.1, -0.05) is 12.1 Å². The van der Waals surface area contributed by atoms with Crippen molar-refractivity contribution in [3.63, 3.8) is 0 Å². The number of likely N-dealkylation sites (tertiary alicyclic amines) is 1. The number of aromatic nitrogens is 1. The SMILES string of the molecule is CCOC(=O)c1ccccc1C(=O)N1C[C@H](Oc2cc(C#N)ccn2)CC[C@H]1C. The van der Waals surface area contributed by atoms with E-state index in [2.05, 4.69) is 11.1 Å². The molecule has 0 aliphatic carbocycles.